The lowest BCUT2D eigenvalue weighted by Gasteiger charge is -2.31. The first kappa shape index (κ1) is 16.4. The van der Waals surface area contributed by atoms with Crippen LogP contribution in [0.3, 0.4) is 0 Å². The van der Waals surface area contributed by atoms with E-state index >= 15 is 0 Å². The number of benzene rings is 1. The highest BCUT2D eigenvalue weighted by Crippen LogP contribution is 2.17. The minimum atomic E-state index is -0.284. The van der Waals surface area contributed by atoms with E-state index < -0.39 is 0 Å². The van der Waals surface area contributed by atoms with Gasteiger partial charge >= 0.3 is 0 Å². The third-order valence-corrected chi connectivity index (χ3v) is 3.93. The van der Waals surface area contributed by atoms with E-state index in [-0.39, 0.29) is 23.5 Å². The summed E-state index contributed by atoms with van der Waals surface area (Å²) in [5.41, 5.74) is 0.872. The van der Waals surface area contributed by atoms with Crippen molar-refractivity contribution < 1.29 is 14.0 Å². The highest BCUT2D eigenvalue weighted by Gasteiger charge is 2.26. The van der Waals surface area contributed by atoms with E-state index in [0.29, 0.717) is 39.0 Å². The molecule has 6 heteroatoms. The van der Waals surface area contributed by atoms with Crippen molar-refractivity contribution in [1.29, 1.82) is 0 Å². The monoisotopic (exact) mass is 307 g/mol. The zero-order chi connectivity index (χ0) is 15.9. The molecule has 0 saturated carbocycles. The van der Waals surface area contributed by atoms with Gasteiger partial charge in [-0.1, -0.05) is 12.1 Å². The molecule has 2 N–H and O–H groups in total. The molecule has 22 heavy (non-hydrogen) atoms. The summed E-state index contributed by atoms with van der Waals surface area (Å²) < 4.78 is 12.8. The summed E-state index contributed by atoms with van der Waals surface area (Å²) in [5.74, 6) is -0.259. The number of hydrogen-bond donors (Lipinski definition) is 2. The molecule has 1 aliphatic heterocycles. The fourth-order valence-electron chi connectivity index (χ4n) is 2.59. The number of amides is 2. The van der Waals surface area contributed by atoms with Gasteiger partial charge in [-0.15, -0.1) is 0 Å². The lowest BCUT2D eigenvalue weighted by atomic mass is 9.95. The summed E-state index contributed by atoms with van der Waals surface area (Å²) in [7, 11) is 1.74. The Bertz CT molecular complexity index is 511. The van der Waals surface area contributed by atoms with Crippen LogP contribution >= 0.6 is 0 Å². The molecule has 0 atom stereocenters. The van der Waals surface area contributed by atoms with Gasteiger partial charge in [-0.25, -0.2) is 4.39 Å². The van der Waals surface area contributed by atoms with Crippen molar-refractivity contribution in [2.45, 2.75) is 19.4 Å². The van der Waals surface area contributed by atoms with Crippen LogP contribution in [-0.4, -0.2) is 43.4 Å². The normalized spacial score (nSPS) is 15.6. The first-order chi connectivity index (χ1) is 10.6. The quantitative estimate of drug-likeness (QED) is 0.850. The Morgan fingerprint density at radius 1 is 1.23 bits per heavy atom. The van der Waals surface area contributed by atoms with Crippen molar-refractivity contribution >= 4 is 11.8 Å². The van der Waals surface area contributed by atoms with E-state index in [9.17, 15) is 14.0 Å². The Morgan fingerprint density at radius 3 is 2.45 bits per heavy atom. The molecule has 120 valence electrons. The molecule has 5 nitrogen and oxygen atoms in total. The zero-order valence-electron chi connectivity index (χ0n) is 12.8. The number of likely N-dealkylation sites (tertiary alicyclic amines) is 1. The maximum absolute atomic E-state index is 12.8. The minimum absolute atomic E-state index is 0.00467. The van der Waals surface area contributed by atoms with Crippen LogP contribution in [0.4, 0.5) is 4.39 Å². The lowest BCUT2D eigenvalue weighted by molar-refractivity contribution is -0.134. The smallest absolute Gasteiger partial charge is 0.236 e. The summed E-state index contributed by atoms with van der Waals surface area (Å²) in [6, 6.07) is 6.09. The van der Waals surface area contributed by atoms with Crippen molar-refractivity contribution in [2.75, 3.05) is 26.7 Å². The number of nitrogens with one attached hydrogen (secondary N) is 2. The number of halogens is 1. The predicted molar refractivity (Wildman–Crippen MR) is 81.5 cm³/mol. The number of piperidine rings is 1. The molecule has 0 aliphatic carbocycles. The van der Waals surface area contributed by atoms with E-state index in [2.05, 4.69) is 10.6 Å². The largest absolute Gasteiger partial charge is 0.352 e. The predicted octanol–water partition coefficient (Wildman–Crippen LogP) is 0.900. The number of carbonyl (C=O) groups is 2. The first-order valence-electron chi connectivity index (χ1n) is 7.54. The van der Waals surface area contributed by atoms with Crippen molar-refractivity contribution in [3.05, 3.63) is 35.6 Å². The number of hydrogen-bond acceptors (Lipinski definition) is 3. The third kappa shape index (κ3) is 4.53. The molecule has 1 fully saturated rings. The number of nitrogens with zero attached hydrogens (tertiary/aromatic N) is 1. The van der Waals surface area contributed by atoms with Gasteiger partial charge in [0.15, 0.2) is 0 Å². The number of carbonyl (C=O) groups excluding carboxylic acids is 2. The van der Waals surface area contributed by atoms with Gasteiger partial charge < -0.3 is 15.5 Å². The highest BCUT2D eigenvalue weighted by atomic mass is 19.1. The molecule has 0 bridgehead atoms. The van der Waals surface area contributed by atoms with E-state index in [0.717, 1.165) is 5.56 Å². The second kappa shape index (κ2) is 7.89. The van der Waals surface area contributed by atoms with Crippen molar-refractivity contribution in [3.8, 4) is 0 Å². The first-order valence-corrected chi connectivity index (χ1v) is 7.54. The van der Waals surface area contributed by atoms with Gasteiger partial charge in [0.25, 0.3) is 0 Å². The summed E-state index contributed by atoms with van der Waals surface area (Å²) in [6.07, 6.45) is 1.37. The van der Waals surface area contributed by atoms with Gasteiger partial charge in [0.2, 0.25) is 11.8 Å². The topological polar surface area (TPSA) is 61.4 Å². The molecule has 1 aliphatic rings. The van der Waals surface area contributed by atoms with Crippen LogP contribution in [0, 0.1) is 11.7 Å². The molecule has 0 spiro atoms. The Balaban J connectivity index is 1.75. The van der Waals surface area contributed by atoms with Crippen LogP contribution in [0.15, 0.2) is 24.3 Å². The fraction of sp³-hybridized carbons (Fsp3) is 0.500. The van der Waals surface area contributed by atoms with Gasteiger partial charge in [-0.3, -0.25) is 9.59 Å². The molecule has 0 unspecified atom stereocenters. The standard InChI is InChI=1S/C16H22FN3O2/c1-18-11-15(21)20-8-6-13(7-9-20)16(22)19-10-12-2-4-14(17)5-3-12/h2-5,13,18H,6-11H2,1H3,(H,19,22). The minimum Gasteiger partial charge on any atom is -0.352 e. The summed E-state index contributed by atoms with van der Waals surface area (Å²) >= 11 is 0. The van der Waals surface area contributed by atoms with E-state index in [4.69, 9.17) is 0 Å². The molecule has 0 radical (unpaired) electrons. The van der Waals surface area contributed by atoms with Gasteiger partial charge in [0.1, 0.15) is 5.82 Å². The molecular formula is C16H22FN3O2. The second-order valence-electron chi connectivity index (χ2n) is 5.53. The van der Waals surface area contributed by atoms with Gasteiger partial charge in [0.05, 0.1) is 6.54 Å². The van der Waals surface area contributed by atoms with Crippen molar-refractivity contribution in [2.24, 2.45) is 5.92 Å². The van der Waals surface area contributed by atoms with Crippen LogP contribution in [-0.2, 0) is 16.1 Å². The molecule has 1 heterocycles. The summed E-state index contributed by atoms with van der Waals surface area (Å²) in [5, 5.41) is 5.72. The Morgan fingerprint density at radius 2 is 1.86 bits per heavy atom. The second-order valence-corrected chi connectivity index (χ2v) is 5.53. The highest BCUT2D eigenvalue weighted by molar-refractivity contribution is 5.80. The molecule has 1 aromatic rings. The van der Waals surface area contributed by atoms with E-state index in [1.54, 1.807) is 24.1 Å². The van der Waals surface area contributed by atoms with Crippen LogP contribution in [0.25, 0.3) is 0 Å². The maximum Gasteiger partial charge on any atom is 0.236 e. The van der Waals surface area contributed by atoms with Crippen LogP contribution in [0.2, 0.25) is 0 Å². The lowest BCUT2D eigenvalue weighted by Crippen LogP contribution is -2.45. The molecule has 1 aromatic carbocycles. The zero-order valence-corrected chi connectivity index (χ0v) is 12.8. The van der Waals surface area contributed by atoms with Gasteiger partial charge in [-0.05, 0) is 37.6 Å². The SMILES string of the molecule is CNCC(=O)N1CCC(C(=O)NCc2ccc(F)cc2)CC1. The number of likely N-dealkylation sites (N-methyl/N-ethyl adjacent to an activating group) is 1. The Kier molecular flexibility index (Phi) is 5.89. The molecular weight excluding hydrogens is 285 g/mol. The van der Waals surface area contributed by atoms with Crippen LogP contribution in [0.5, 0.6) is 0 Å². The van der Waals surface area contributed by atoms with E-state index in [1.807, 2.05) is 0 Å². The third-order valence-electron chi connectivity index (χ3n) is 3.93. The number of rotatable bonds is 5. The van der Waals surface area contributed by atoms with Crippen molar-refractivity contribution in [1.82, 2.24) is 15.5 Å². The molecule has 2 amide bonds. The van der Waals surface area contributed by atoms with Gasteiger partial charge in [-0.2, -0.15) is 0 Å². The molecule has 1 saturated heterocycles. The Labute approximate surface area is 129 Å². The van der Waals surface area contributed by atoms with Crippen LogP contribution < -0.4 is 10.6 Å². The average molecular weight is 307 g/mol. The van der Waals surface area contributed by atoms with Crippen LogP contribution in [0.1, 0.15) is 18.4 Å². The van der Waals surface area contributed by atoms with Crippen molar-refractivity contribution in [3.63, 3.8) is 0 Å². The van der Waals surface area contributed by atoms with Gasteiger partial charge in [0, 0.05) is 25.6 Å². The van der Waals surface area contributed by atoms with E-state index in [1.165, 1.54) is 12.1 Å². The maximum atomic E-state index is 12.8. The summed E-state index contributed by atoms with van der Waals surface area (Å²) in [6.45, 7) is 1.98. The Hall–Kier alpha value is -1.95. The molecule has 2 rings (SSSR count). The average Bonchev–Trinajstić information content (AvgIpc) is 2.54. The summed E-state index contributed by atoms with van der Waals surface area (Å²) in [4.78, 5) is 25.7. The fourth-order valence-corrected chi connectivity index (χ4v) is 2.59. The molecule has 0 aromatic heterocycles.